The molecule has 0 radical (unpaired) electrons. The van der Waals surface area contributed by atoms with Gasteiger partial charge in [0.2, 0.25) is 0 Å². The molecule has 0 aliphatic heterocycles. The lowest BCUT2D eigenvalue weighted by atomic mass is 9.93. The highest BCUT2D eigenvalue weighted by atomic mass is 16.1. The molecule has 0 amide bonds. The van der Waals surface area contributed by atoms with Gasteiger partial charge in [-0.15, -0.1) is 0 Å². The molecule has 0 fully saturated rings. The van der Waals surface area contributed by atoms with Gasteiger partial charge in [0.15, 0.2) is 0 Å². The van der Waals surface area contributed by atoms with Crippen LogP contribution in [-0.2, 0) is 4.79 Å². The highest BCUT2D eigenvalue weighted by Gasteiger charge is 2.07. The fraction of sp³-hybridized carbons (Fsp3) is 0.786. The molecule has 2 atom stereocenters. The zero-order valence-electron chi connectivity index (χ0n) is 10.8. The Balaban J connectivity index is 4.14. The van der Waals surface area contributed by atoms with Crippen LogP contribution in [0.1, 0.15) is 59.8 Å². The van der Waals surface area contributed by atoms with Crippen LogP contribution in [0.3, 0.4) is 0 Å². The molecule has 0 aliphatic carbocycles. The van der Waals surface area contributed by atoms with E-state index in [1.807, 2.05) is 0 Å². The third kappa shape index (κ3) is 6.48. The Morgan fingerprint density at radius 1 is 1.13 bits per heavy atom. The van der Waals surface area contributed by atoms with Crippen LogP contribution in [0.25, 0.3) is 0 Å². The Morgan fingerprint density at radius 2 is 1.73 bits per heavy atom. The smallest absolute Gasteiger partial charge is 0.145 e. The molecule has 0 aromatic carbocycles. The standard InChI is InChI=1S/C14H26O/c1-5-7-12(3)9-10-14(11-15)13(4)8-6-2/h10-13H,5-9H2,1-4H3. The van der Waals surface area contributed by atoms with Crippen molar-refractivity contribution in [1.29, 1.82) is 0 Å². The van der Waals surface area contributed by atoms with E-state index in [0.717, 1.165) is 31.1 Å². The normalized spacial score (nSPS) is 16.1. The molecule has 1 nitrogen and oxygen atoms in total. The molecule has 0 N–H and O–H groups in total. The van der Waals surface area contributed by atoms with Crippen molar-refractivity contribution in [3.63, 3.8) is 0 Å². The molecular weight excluding hydrogens is 184 g/mol. The first kappa shape index (κ1) is 14.4. The van der Waals surface area contributed by atoms with Gasteiger partial charge in [0.05, 0.1) is 0 Å². The lowest BCUT2D eigenvalue weighted by Crippen LogP contribution is -2.02. The molecule has 0 aromatic rings. The van der Waals surface area contributed by atoms with Gasteiger partial charge in [-0.05, 0) is 30.3 Å². The molecule has 0 saturated heterocycles. The minimum absolute atomic E-state index is 0.432. The van der Waals surface area contributed by atoms with E-state index in [1.165, 1.54) is 12.8 Å². The minimum atomic E-state index is 0.432. The van der Waals surface area contributed by atoms with E-state index in [-0.39, 0.29) is 0 Å². The van der Waals surface area contributed by atoms with Crippen molar-refractivity contribution >= 4 is 6.29 Å². The van der Waals surface area contributed by atoms with E-state index in [1.54, 1.807) is 0 Å². The van der Waals surface area contributed by atoms with E-state index in [9.17, 15) is 4.79 Å². The second kappa shape index (κ2) is 8.70. The van der Waals surface area contributed by atoms with Gasteiger partial charge in [0.25, 0.3) is 0 Å². The van der Waals surface area contributed by atoms with E-state index in [4.69, 9.17) is 0 Å². The summed E-state index contributed by atoms with van der Waals surface area (Å²) in [6.45, 7) is 8.78. The summed E-state index contributed by atoms with van der Waals surface area (Å²) in [6.07, 6.45) is 8.99. The van der Waals surface area contributed by atoms with Crippen LogP contribution in [0.5, 0.6) is 0 Å². The summed E-state index contributed by atoms with van der Waals surface area (Å²) in [5.41, 5.74) is 1.000. The number of rotatable bonds is 8. The zero-order chi connectivity index (χ0) is 11.7. The Labute approximate surface area is 95.0 Å². The van der Waals surface area contributed by atoms with Crippen LogP contribution < -0.4 is 0 Å². The lowest BCUT2D eigenvalue weighted by Gasteiger charge is -2.11. The SMILES string of the molecule is CCCC(C)CC=C(C=O)C(C)CCC. The molecule has 0 aromatic heterocycles. The summed E-state index contributed by atoms with van der Waals surface area (Å²) in [4.78, 5) is 10.9. The highest BCUT2D eigenvalue weighted by molar-refractivity contribution is 5.73. The summed E-state index contributed by atoms with van der Waals surface area (Å²) in [5, 5.41) is 0. The topological polar surface area (TPSA) is 17.1 Å². The van der Waals surface area contributed by atoms with Crippen molar-refractivity contribution in [2.45, 2.75) is 59.8 Å². The molecule has 0 saturated carbocycles. The number of aldehydes is 1. The maximum absolute atomic E-state index is 10.9. The van der Waals surface area contributed by atoms with E-state index < -0.39 is 0 Å². The molecule has 0 aliphatic rings. The second-order valence-electron chi connectivity index (χ2n) is 4.64. The first-order valence-electron chi connectivity index (χ1n) is 6.30. The fourth-order valence-electron chi connectivity index (χ4n) is 1.91. The molecule has 88 valence electrons. The molecule has 0 bridgehead atoms. The zero-order valence-corrected chi connectivity index (χ0v) is 10.8. The average molecular weight is 210 g/mol. The second-order valence-corrected chi connectivity index (χ2v) is 4.64. The number of hydrogen-bond acceptors (Lipinski definition) is 1. The van der Waals surface area contributed by atoms with Crippen molar-refractivity contribution in [3.8, 4) is 0 Å². The first-order valence-corrected chi connectivity index (χ1v) is 6.30. The van der Waals surface area contributed by atoms with Gasteiger partial charge in [0, 0.05) is 0 Å². The highest BCUT2D eigenvalue weighted by Crippen LogP contribution is 2.18. The van der Waals surface area contributed by atoms with Crippen LogP contribution >= 0.6 is 0 Å². The Morgan fingerprint density at radius 3 is 2.20 bits per heavy atom. The number of allylic oxidation sites excluding steroid dienone is 2. The first-order chi connectivity index (χ1) is 7.15. The molecule has 1 heteroatoms. The maximum Gasteiger partial charge on any atom is 0.145 e. The van der Waals surface area contributed by atoms with Crippen LogP contribution in [-0.4, -0.2) is 6.29 Å². The average Bonchev–Trinajstić information content (AvgIpc) is 2.19. The largest absolute Gasteiger partial charge is 0.298 e. The molecule has 2 unspecified atom stereocenters. The third-order valence-electron chi connectivity index (χ3n) is 2.96. The van der Waals surface area contributed by atoms with Crippen LogP contribution in [0.15, 0.2) is 11.6 Å². The predicted molar refractivity (Wildman–Crippen MR) is 66.9 cm³/mol. The minimum Gasteiger partial charge on any atom is -0.298 e. The summed E-state index contributed by atoms with van der Waals surface area (Å²) in [7, 11) is 0. The third-order valence-corrected chi connectivity index (χ3v) is 2.96. The van der Waals surface area contributed by atoms with Gasteiger partial charge >= 0.3 is 0 Å². The predicted octanol–water partition coefficient (Wildman–Crippen LogP) is 4.37. The van der Waals surface area contributed by atoms with E-state index in [0.29, 0.717) is 11.8 Å². The van der Waals surface area contributed by atoms with Gasteiger partial charge in [-0.2, -0.15) is 0 Å². The van der Waals surface area contributed by atoms with Crippen molar-refractivity contribution < 1.29 is 4.79 Å². The maximum atomic E-state index is 10.9. The quantitative estimate of drug-likeness (QED) is 0.429. The van der Waals surface area contributed by atoms with Crippen molar-refractivity contribution in [3.05, 3.63) is 11.6 Å². The van der Waals surface area contributed by atoms with Crippen LogP contribution in [0.2, 0.25) is 0 Å². The molecule has 0 rings (SSSR count). The van der Waals surface area contributed by atoms with Gasteiger partial charge in [-0.3, -0.25) is 4.79 Å². The molecule has 15 heavy (non-hydrogen) atoms. The fourth-order valence-corrected chi connectivity index (χ4v) is 1.91. The molecular formula is C14H26O. The Kier molecular flexibility index (Phi) is 8.35. The molecule has 0 heterocycles. The van der Waals surface area contributed by atoms with Crippen molar-refractivity contribution in [2.24, 2.45) is 11.8 Å². The summed E-state index contributed by atoms with van der Waals surface area (Å²) in [5.74, 6) is 1.14. The van der Waals surface area contributed by atoms with Crippen LogP contribution in [0, 0.1) is 11.8 Å². The Hall–Kier alpha value is -0.590. The number of carbonyl (C=O) groups excluding carboxylic acids is 1. The van der Waals surface area contributed by atoms with Gasteiger partial charge in [0.1, 0.15) is 6.29 Å². The van der Waals surface area contributed by atoms with Gasteiger partial charge in [-0.1, -0.05) is 53.0 Å². The molecule has 0 spiro atoms. The van der Waals surface area contributed by atoms with E-state index in [2.05, 4.69) is 33.8 Å². The number of carbonyl (C=O) groups is 1. The number of hydrogen-bond donors (Lipinski definition) is 0. The summed E-state index contributed by atoms with van der Waals surface area (Å²) in [6, 6.07) is 0. The van der Waals surface area contributed by atoms with Crippen LogP contribution in [0.4, 0.5) is 0 Å². The summed E-state index contributed by atoms with van der Waals surface area (Å²) >= 11 is 0. The monoisotopic (exact) mass is 210 g/mol. The van der Waals surface area contributed by atoms with Crippen molar-refractivity contribution in [1.82, 2.24) is 0 Å². The van der Waals surface area contributed by atoms with Crippen molar-refractivity contribution in [2.75, 3.05) is 0 Å². The lowest BCUT2D eigenvalue weighted by molar-refractivity contribution is -0.105. The van der Waals surface area contributed by atoms with Gasteiger partial charge < -0.3 is 0 Å². The van der Waals surface area contributed by atoms with E-state index >= 15 is 0 Å². The Bertz CT molecular complexity index is 194. The summed E-state index contributed by atoms with van der Waals surface area (Å²) < 4.78 is 0. The van der Waals surface area contributed by atoms with Gasteiger partial charge in [-0.25, -0.2) is 0 Å².